The van der Waals surface area contributed by atoms with Crippen LogP contribution in [-0.4, -0.2) is 44.6 Å². The van der Waals surface area contributed by atoms with E-state index in [0.717, 1.165) is 43.1 Å². The van der Waals surface area contributed by atoms with Gasteiger partial charge in [-0.15, -0.1) is 11.3 Å². The summed E-state index contributed by atoms with van der Waals surface area (Å²) < 4.78 is 33.9. The van der Waals surface area contributed by atoms with Gasteiger partial charge in [-0.25, -0.2) is 13.4 Å². The van der Waals surface area contributed by atoms with Crippen LogP contribution in [-0.2, 0) is 21.3 Å². The molecule has 1 aliphatic rings. The molecule has 0 atom stereocenters. The lowest BCUT2D eigenvalue weighted by atomic mass is 10.2. The van der Waals surface area contributed by atoms with Gasteiger partial charge in [0.2, 0.25) is 0 Å². The number of aromatic nitrogens is 1. The molecule has 4 rings (SSSR count). The Morgan fingerprint density at radius 1 is 1.24 bits per heavy atom. The Morgan fingerprint density at radius 2 is 2.08 bits per heavy atom. The van der Waals surface area contributed by atoms with Gasteiger partial charge in [0, 0.05) is 19.6 Å². The van der Waals surface area contributed by atoms with Crippen molar-refractivity contribution < 1.29 is 13.2 Å². The molecule has 3 heterocycles. The second-order valence-corrected chi connectivity index (χ2v) is 9.63. The lowest BCUT2D eigenvalue weighted by molar-refractivity contribution is 0.0342. The van der Waals surface area contributed by atoms with Gasteiger partial charge in [0.25, 0.3) is 10.0 Å². The molecule has 25 heavy (non-hydrogen) atoms. The van der Waals surface area contributed by atoms with Gasteiger partial charge in [0.05, 0.1) is 23.4 Å². The molecule has 1 aliphatic heterocycles. The van der Waals surface area contributed by atoms with E-state index in [1.54, 1.807) is 17.5 Å². The molecule has 1 fully saturated rings. The van der Waals surface area contributed by atoms with Crippen molar-refractivity contribution in [3.05, 3.63) is 41.3 Å². The fraction of sp³-hybridized carbons (Fsp3) is 0.312. The molecule has 0 aliphatic carbocycles. The molecule has 6 nitrogen and oxygen atoms in total. The van der Waals surface area contributed by atoms with Crippen molar-refractivity contribution in [3.63, 3.8) is 0 Å². The van der Waals surface area contributed by atoms with Gasteiger partial charge < -0.3 is 4.74 Å². The van der Waals surface area contributed by atoms with E-state index < -0.39 is 10.0 Å². The molecule has 3 aromatic rings. The van der Waals surface area contributed by atoms with Crippen molar-refractivity contribution in [2.24, 2.45) is 0 Å². The number of hydrogen-bond donors (Lipinski definition) is 1. The smallest absolute Gasteiger partial charge is 0.273 e. The molecule has 0 amide bonds. The predicted molar refractivity (Wildman–Crippen MR) is 101 cm³/mol. The third-order valence-electron chi connectivity index (χ3n) is 3.94. The number of anilines is 1. The molecule has 0 radical (unpaired) electrons. The summed E-state index contributed by atoms with van der Waals surface area (Å²) in [5.41, 5.74) is 2.00. The van der Waals surface area contributed by atoms with E-state index in [2.05, 4.69) is 26.7 Å². The fourth-order valence-electron chi connectivity index (χ4n) is 2.71. The van der Waals surface area contributed by atoms with Crippen LogP contribution < -0.4 is 4.72 Å². The average molecular weight is 396 g/mol. The molecule has 0 unspecified atom stereocenters. The van der Waals surface area contributed by atoms with Gasteiger partial charge >= 0.3 is 0 Å². The van der Waals surface area contributed by atoms with Gasteiger partial charge in [-0.3, -0.25) is 9.62 Å². The third kappa shape index (κ3) is 3.85. The zero-order chi connectivity index (χ0) is 17.3. The highest BCUT2D eigenvalue weighted by molar-refractivity contribution is 7.94. The number of benzene rings is 1. The zero-order valence-corrected chi connectivity index (χ0v) is 15.8. The fourth-order valence-corrected chi connectivity index (χ4v) is 5.87. The molecule has 132 valence electrons. The minimum absolute atomic E-state index is 0.291. The van der Waals surface area contributed by atoms with Crippen molar-refractivity contribution in [2.45, 2.75) is 10.8 Å². The third-order valence-corrected chi connectivity index (χ3v) is 7.74. The second-order valence-electron chi connectivity index (χ2n) is 5.75. The number of rotatable bonds is 5. The van der Waals surface area contributed by atoms with Crippen LogP contribution in [0.25, 0.3) is 10.2 Å². The van der Waals surface area contributed by atoms with Gasteiger partial charge in [-0.05, 0) is 29.1 Å². The number of thiophene rings is 1. The van der Waals surface area contributed by atoms with Crippen molar-refractivity contribution in [1.82, 2.24) is 9.88 Å². The van der Waals surface area contributed by atoms with E-state index in [0.29, 0.717) is 9.34 Å². The lowest BCUT2D eigenvalue weighted by Crippen LogP contribution is -2.35. The Bertz CT molecular complexity index is 961. The minimum Gasteiger partial charge on any atom is -0.379 e. The molecule has 2 aromatic heterocycles. The maximum absolute atomic E-state index is 12.3. The van der Waals surface area contributed by atoms with Crippen LogP contribution in [0.4, 0.5) is 5.13 Å². The van der Waals surface area contributed by atoms with Crippen molar-refractivity contribution >= 4 is 48.0 Å². The summed E-state index contributed by atoms with van der Waals surface area (Å²) in [4.78, 5) is 6.75. The van der Waals surface area contributed by atoms with E-state index in [1.165, 1.54) is 28.2 Å². The lowest BCUT2D eigenvalue weighted by Gasteiger charge is -2.26. The van der Waals surface area contributed by atoms with E-state index in [9.17, 15) is 8.42 Å². The average Bonchev–Trinajstić information content (AvgIpc) is 3.24. The topological polar surface area (TPSA) is 71.5 Å². The maximum atomic E-state index is 12.3. The van der Waals surface area contributed by atoms with Crippen LogP contribution in [0.1, 0.15) is 5.56 Å². The summed E-state index contributed by atoms with van der Waals surface area (Å²) in [5, 5.41) is 2.14. The summed E-state index contributed by atoms with van der Waals surface area (Å²) >= 11 is 2.55. The highest BCUT2D eigenvalue weighted by Crippen LogP contribution is 2.29. The molecule has 0 saturated carbocycles. The maximum Gasteiger partial charge on any atom is 0.273 e. The van der Waals surface area contributed by atoms with Crippen molar-refractivity contribution in [2.75, 3.05) is 31.0 Å². The Labute approximate surface area is 154 Å². The number of nitrogens with one attached hydrogen (secondary N) is 1. The van der Waals surface area contributed by atoms with E-state index >= 15 is 0 Å². The molecule has 9 heteroatoms. The monoisotopic (exact) mass is 395 g/mol. The number of thiazole rings is 1. The van der Waals surface area contributed by atoms with Crippen LogP contribution in [0.15, 0.2) is 39.9 Å². The Hall–Kier alpha value is -1.52. The number of fused-ring (bicyclic) bond motifs is 1. The molecule has 0 spiro atoms. The van der Waals surface area contributed by atoms with Gasteiger partial charge in [0.1, 0.15) is 4.21 Å². The van der Waals surface area contributed by atoms with Crippen LogP contribution in [0, 0.1) is 0 Å². The largest absolute Gasteiger partial charge is 0.379 e. The first kappa shape index (κ1) is 16.9. The van der Waals surface area contributed by atoms with E-state index in [-0.39, 0.29) is 0 Å². The van der Waals surface area contributed by atoms with Crippen LogP contribution in [0.3, 0.4) is 0 Å². The Morgan fingerprint density at radius 3 is 2.84 bits per heavy atom. The number of sulfonamides is 1. The highest BCUT2D eigenvalue weighted by atomic mass is 32.2. The zero-order valence-electron chi connectivity index (χ0n) is 13.3. The number of nitrogens with zero attached hydrogens (tertiary/aromatic N) is 2. The van der Waals surface area contributed by atoms with Gasteiger partial charge in [-0.2, -0.15) is 0 Å². The summed E-state index contributed by atoms with van der Waals surface area (Å²) in [5.74, 6) is 0. The first-order valence-corrected chi connectivity index (χ1v) is 11.0. The standard InChI is InChI=1S/C16H17N3O3S3/c20-25(21,15-2-1-9-23-15)18-16-17-13-4-3-12(10-14(13)24-16)11-19-5-7-22-8-6-19/h1-4,9-10H,5-8,11H2,(H,17,18). The molecule has 0 bridgehead atoms. The van der Waals surface area contributed by atoms with Crippen molar-refractivity contribution in [1.29, 1.82) is 0 Å². The quantitative estimate of drug-likeness (QED) is 0.719. The van der Waals surface area contributed by atoms with Gasteiger partial charge in [-0.1, -0.05) is 23.5 Å². The summed E-state index contributed by atoms with van der Waals surface area (Å²) in [7, 11) is -3.56. The molecule has 1 N–H and O–H groups in total. The summed E-state index contributed by atoms with van der Waals surface area (Å²) in [6.07, 6.45) is 0. The molecule has 1 aromatic carbocycles. The molecular weight excluding hydrogens is 378 g/mol. The number of ether oxygens (including phenoxy) is 1. The first-order chi connectivity index (χ1) is 12.1. The number of morpholine rings is 1. The first-order valence-electron chi connectivity index (χ1n) is 7.86. The van der Waals surface area contributed by atoms with Crippen LogP contribution in [0.2, 0.25) is 0 Å². The SMILES string of the molecule is O=S(=O)(Nc1nc2ccc(CN3CCOCC3)cc2s1)c1cccs1. The van der Waals surface area contributed by atoms with Crippen molar-refractivity contribution in [3.8, 4) is 0 Å². The second kappa shape index (κ2) is 7.00. The summed E-state index contributed by atoms with van der Waals surface area (Å²) in [6.45, 7) is 4.29. The molecular formula is C16H17N3O3S3. The normalized spacial score (nSPS) is 16.3. The summed E-state index contributed by atoms with van der Waals surface area (Å²) in [6, 6.07) is 9.39. The van der Waals surface area contributed by atoms with E-state index in [4.69, 9.17) is 4.74 Å². The minimum atomic E-state index is -3.56. The Balaban J connectivity index is 1.54. The van der Waals surface area contributed by atoms with Crippen LogP contribution in [0.5, 0.6) is 0 Å². The predicted octanol–water partition coefficient (Wildman–Crippen LogP) is 2.99. The van der Waals surface area contributed by atoms with Gasteiger partial charge in [0.15, 0.2) is 5.13 Å². The highest BCUT2D eigenvalue weighted by Gasteiger charge is 2.18. The van der Waals surface area contributed by atoms with E-state index in [1.807, 2.05) is 6.07 Å². The van der Waals surface area contributed by atoms with Crippen LogP contribution >= 0.6 is 22.7 Å². The Kier molecular flexibility index (Phi) is 4.74. The number of hydrogen-bond acceptors (Lipinski definition) is 7. The molecule has 1 saturated heterocycles.